The van der Waals surface area contributed by atoms with Crippen molar-refractivity contribution >= 4 is 11.7 Å². The van der Waals surface area contributed by atoms with Crippen molar-refractivity contribution in [3.05, 3.63) is 59.8 Å². The fourth-order valence-electron chi connectivity index (χ4n) is 2.07. The maximum absolute atomic E-state index is 13.9. The summed E-state index contributed by atoms with van der Waals surface area (Å²) in [7, 11) is 1.51. The van der Waals surface area contributed by atoms with Gasteiger partial charge in [0, 0.05) is 12.6 Å². The van der Waals surface area contributed by atoms with Crippen LogP contribution < -0.4 is 4.90 Å². The molecule has 21 heavy (non-hydrogen) atoms. The Labute approximate surface area is 121 Å². The zero-order valence-electron chi connectivity index (χ0n) is 11.8. The van der Waals surface area contributed by atoms with E-state index < -0.39 is 17.5 Å². The molecule has 1 amide bonds. The lowest BCUT2D eigenvalue weighted by Crippen LogP contribution is -2.31. The Morgan fingerprint density at radius 1 is 1.43 bits per heavy atom. The highest BCUT2D eigenvalue weighted by molar-refractivity contribution is 6.00. The van der Waals surface area contributed by atoms with E-state index in [1.807, 2.05) is 6.92 Å². The number of benzene rings is 1. The number of halogens is 2. The van der Waals surface area contributed by atoms with Crippen LogP contribution in [0, 0.1) is 18.6 Å². The fraction of sp³-hybridized carbons (Fsp3) is 0.200. The number of rotatable bonds is 4. The number of anilines is 1. The van der Waals surface area contributed by atoms with E-state index in [0.717, 1.165) is 22.7 Å². The second-order valence-electron chi connectivity index (χ2n) is 4.66. The predicted octanol–water partition coefficient (Wildman–Crippen LogP) is 2.73. The number of aryl methyl sites for hydroxylation is 2. The normalized spacial score (nSPS) is 10.5. The summed E-state index contributed by atoms with van der Waals surface area (Å²) in [6, 6.07) is 4.57. The molecule has 2 aromatic rings. The highest BCUT2D eigenvalue weighted by Gasteiger charge is 2.22. The average Bonchev–Trinajstić information content (AvgIpc) is 2.78. The molecule has 1 heterocycles. The first-order valence-electron chi connectivity index (χ1n) is 6.30. The first-order valence-corrected chi connectivity index (χ1v) is 6.30. The van der Waals surface area contributed by atoms with Crippen LogP contribution in [0.3, 0.4) is 0 Å². The van der Waals surface area contributed by atoms with E-state index in [-0.39, 0.29) is 12.4 Å². The minimum Gasteiger partial charge on any atom is -0.286 e. The maximum atomic E-state index is 13.9. The summed E-state index contributed by atoms with van der Waals surface area (Å²) in [6.07, 6.45) is 2.06. The predicted molar refractivity (Wildman–Crippen MR) is 75.7 cm³/mol. The van der Waals surface area contributed by atoms with Gasteiger partial charge in [0.05, 0.1) is 12.7 Å². The third-order valence-electron chi connectivity index (χ3n) is 3.09. The Balaban J connectivity index is 2.45. The minimum atomic E-state index is -0.652. The number of aromatic nitrogens is 2. The van der Waals surface area contributed by atoms with Crippen LogP contribution in [0.15, 0.2) is 37.1 Å². The van der Waals surface area contributed by atoms with Crippen molar-refractivity contribution in [3.63, 3.8) is 0 Å². The van der Waals surface area contributed by atoms with Crippen LogP contribution in [0.4, 0.5) is 14.6 Å². The van der Waals surface area contributed by atoms with Crippen LogP contribution in [0.5, 0.6) is 0 Å². The Bertz CT molecular complexity index is 675. The molecule has 0 aliphatic rings. The molecular weight excluding hydrogens is 276 g/mol. The molecule has 110 valence electrons. The summed E-state index contributed by atoms with van der Waals surface area (Å²) in [5.41, 5.74) is 1.15. The lowest BCUT2D eigenvalue weighted by atomic mass is 10.1. The molecule has 1 aromatic carbocycles. The fourth-order valence-corrected chi connectivity index (χ4v) is 2.07. The van der Waals surface area contributed by atoms with E-state index >= 15 is 0 Å². The van der Waals surface area contributed by atoms with Gasteiger partial charge >= 0.3 is 0 Å². The largest absolute Gasteiger partial charge is 0.286 e. The van der Waals surface area contributed by atoms with E-state index in [9.17, 15) is 13.6 Å². The number of amides is 1. The number of hydrogen-bond donors (Lipinski definition) is 0. The van der Waals surface area contributed by atoms with Crippen molar-refractivity contribution in [2.75, 3.05) is 4.90 Å². The van der Waals surface area contributed by atoms with Crippen LogP contribution in [0.2, 0.25) is 0 Å². The lowest BCUT2D eigenvalue weighted by Gasteiger charge is -2.21. The molecule has 0 fully saturated rings. The zero-order chi connectivity index (χ0) is 15.6. The molecular formula is C15H15F2N3O. The van der Waals surface area contributed by atoms with Gasteiger partial charge < -0.3 is 0 Å². The molecule has 0 N–H and O–H groups in total. The Hall–Kier alpha value is -2.50. The summed E-state index contributed by atoms with van der Waals surface area (Å²) in [6.45, 7) is 5.11. The number of carbonyl (C=O) groups excluding carboxylic acids is 1. The molecule has 0 saturated carbocycles. The van der Waals surface area contributed by atoms with Gasteiger partial charge in [0.15, 0.2) is 11.6 Å². The molecule has 1 aromatic heterocycles. The van der Waals surface area contributed by atoms with Crippen LogP contribution in [0.25, 0.3) is 0 Å². The van der Waals surface area contributed by atoms with Gasteiger partial charge in [-0.25, -0.2) is 13.5 Å². The smallest absolute Gasteiger partial charge is 0.251 e. The molecule has 0 bridgehead atoms. The van der Waals surface area contributed by atoms with E-state index in [1.165, 1.54) is 17.8 Å². The van der Waals surface area contributed by atoms with Gasteiger partial charge in [0.2, 0.25) is 0 Å². The molecule has 4 nitrogen and oxygen atoms in total. The molecule has 0 saturated heterocycles. The summed E-state index contributed by atoms with van der Waals surface area (Å²) >= 11 is 0. The summed E-state index contributed by atoms with van der Waals surface area (Å²) in [5.74, 6) is -1.66. The Morgan fingerprint density at radius 2 is 2.14 bits per heavy atom. The van der Waals surface area contributed by atoms with Crippen molar-refractivity contribution in [1.29, 1.82) is 0 Å². The number of hydrogen-bond acceptors (Lipinski definition) is 2. The zero-order valence-corrected chi connectivity index (χ0v) is 11.8. The van der Waals surface area contributed by atoms with Gasteiger partial charge in [0.1, 0.15) is 5.82 Å². The van der Waals surface area contributed by atoms with E-state index in [1.54, 1.807) is 12.1 Å². The average molecular weight is 291 g/mol. The SMILES string of the molecule is C=CC(=O)N(Cc1cc(C)ccc1F)c1c(F)cnn1C. The molecule has 0 aliphatic heterocycles. The lowest BCUT2D eigenvalue weighted by molar-refractivity contribution is -0.114. The van der Waals surface area contributed by atoms with Crippen molar-refractivity contribution in [2.24, 2.45) is 7.05 Å². The molecule has 2 rings (SSSR count). The molecule has 0 spiro atoms. The second kappa shape index (κ2) is 5.87. The monoisotopic (exact) mass is 291 g/mol. The Morgan fingerprint density at radius 3 is 2.71 bits per heavy atom. The first-order chi connectivity index (χ1) is 9.93. The minimum absolute atomic E-state index is 0.0270. The highest BCUT2D eigenvalue weighted by Crippen LogP contribution is 2.22. The van der Waals surface area contributed by atoms with Crippen molar-refractivity contribution < 1.29 is 13.6 Å². The van der Waals surface area contributed by atoms with E-state index in [0.29, 0.717) is 5.56 Å². The molecule has 0 aliphatic carbocycles. The van der Waals surface area contributed by atoms with E-state index in [4.69, 9.17) is 0 Å². The highest BCUT2D eigenvalue weighted by atomic mass is 19.1. The van der Waals surface area contributed by atoms with Gasteiger partial charge in [-0.05, 0) is 19.1 Å². The van der Waals surface area contributed by atoms with Crippen LogP contribution in [-0.2, 0) is 18.4 Å². The third-order valence-corrected chi connectivity index (χ3v) is 3.09. The molecule has 6 heteroatoms. The molecule has 0 radical (unpaired) electrons. The maximum Gasteiger partial charge on any atom is 0.251 e. The summed E-state index contributed by atoms with van der Waals surface area (Å²) in [4.78, 5) is 13.1. The van der Waals surface area contributed by atoms with E-state index in [2.05, 4.69) is 11.7 Å². The topological polar surface area (TPSA) is 38.1 Å². The number of nitrogens with zero attached hydrogens (tertiary/aromatic N) is 3. The van der Waals surface area contributed by atoms with Gasteiger partial charge in [-0.2, -0.15) is 5.10 Å². The first kappa shape index (κ1) is 14.9. The Kier molecular flexibility index (Phi) is 4.16. The van der Waals surface area contributed by atoms with Gasteiger partial charge in [-0.3, -0.25) is 9.69 Å². The van der Waals surface area contributed by atoms with Crippen LogP contribution >= 0.6 is 0 Å². The third kappa shape index (κ3) is 2.99. The summed E-state index contributed by atoms with van der Waals surface area (Å²) < 4.78 is 28.9. The van der Waals surface area contributed by atoms with Crippen molar-refractivity contribution in [3.8, 4) is 0 Å². The van der Waals surface area contributed by atoms with Crippen LogP contribution in [0.1, 0.15) is 11.1 Å². The number of carbonyl (C=O) groups is 1. The van der Waals surface area contributed by atoms with Crippen LogP contribution in [-0.4, -0.2) is 15.7 Å². The van der Waals surface area contributed by atoms with Crippen molar-refractivity contribution in [2.45, 2.75) is 13.5 Å². The molecule has 0 atom stereocenters. The van der Waals surface area contributed by atoms with Gasteiger partial charge in [-0.1, -0.05) is 24.3 Å². The second-order valence-corrected chi connectivity index (χ2v) is 4.66. The standard InChI is InChI=1S/C15H15F2N3O/c1-4-14(21)20(15-13(17)8-18-19(15)3)9-11-7-10(2)5-6-12(11)16/h4-8H,1,9H2,2-3H3. The molecule has 0 unspecified atom stereocenters. The quantitative estimate of drug-likeness (QED) is 0.812. The van der Waals surface area contributed by atoms with Gasteiger partial charge in [0.25, 0.3) is 5.91 Å². The van der Waals surface area contributed by atoms with Crippen molar-refractivity contribution in [1.82, 2.24) is 9.78 Å². The van der Waals surface area contributed by atoms with Gasteiger partial charge in [-0.15, -0.1) is 0 Å². The summed E-state index contributed by atoms with van der Waals surface area (Å²) in [5, 5.41) is 3.76.